The van der Waals surface area contributed by atoms with Gasteiger partial charge in [0, 0.05) is 5.02 Å². The highest BCUT2D eigenvalue weighted by Crippen LogP contribution is 2.27. The molecule has 0 unspecified atom stereocenters. The summed E-state index contributed by atoms with van der Waals surface area (Å²) in [5.41, 5.74) is 0.631. The molecule has 1 aliphatic rings. The number of rotatable bonds is 4. The number of anilines is 1. The van der Waals surface area contributed by atoms with Crippen molar-refractivity contribution in [3.8, 4) is 5.75 Å². The maximum atomic E-state index is 12.4. The van der Waals surface area contributed by atoms with Crippen molar-refractivity contribution < 1.29 is 14.4 Å². The summed E-state index contributed by atoms with van der Waals surface area (Å²) >= 11 is 5.99. The van der Waals surface area contributed by atoms with Crippen LogP contribution in [-0.4, -0.2) is 32.1 Å². The molecule has 0 bridgehead atoms. The fourth-order valence-electron chi connectivity index (χ4n) is 2.77. The fraction of sp³-hybridized carbons (Fsp3) is 0.562. The number of nitrogens with one attached hydrogen (secondary N) is 2. The number of carbonyl (C=O) groups excluding carboxylic acids is 1. The van der Waals surface area contributed by atoms with E-state index in [0.717, 1.165) is 19.0 Å². The zero-order valence-electron chi connectivity index (χ0n) is 12.9. The summed E-state index contributed by atoms with van der Waals surface area (Å²) in [7, 11) is 1.58. The van der Waals surface area contributed by atoms with Crippen LogP contribution in [0.3, 0.4) is 0 Å². The third kappa shape index (κ3) is 4.11. The van der Waals surface area contributed by atoms with Gasteiger partial charge in [-0.3, -0.25) is 4.79 Å². The number of hydrogen-bond acceptors (Lipinski definition) is 2. The summed E-state index contributed by atoms with van der Waals surface area (Å²) in [6.07, 6.45) is 2.38. The van der Waals surface area contributed by atoms with Gasteiger partial charge in [0.1, 0.15) is 5.75 Å². The highest BCUT2D eigenvalue weighted by atomic mass is 35.5. The Morgan fingerprint density at radius 1 is 1.43 bits per heavy atom. The number of halogens is 1. The van der Waals surface area contributed by atoms with Crippen molar-refractivity contribution in [2.75, 3.05) is 25.5 Å². The van der Waals surface area contributed by atoms with Crippen LogP contribution in [0, 0.1) is 5.92 Å². The molecule has 1 saturated heterocycles. The number of carbonyl (C=O) groups is 1. The van der Waals surface area contributed by atoms with Crippen molar-refractivity contribution in [1.29, 1.82) is 0 Å². The Bertz CT molecular complexity index is 499. The molecule has 2 rings (SSSR count). The van der Waals surface area contributed by atoms with Crippen LogP contribution in [-0.2, 0) is 4.79 Å². The number of piperidine rings is 1. The Labute approximate surface area is 131 Å². The molecule has 21 heavy (non-hydrogen) atoms. The number of benzene rings is 1. The number of amides is 1. The molecule has 0 aliphatic carbocycles. The smallest absolute Gasteiger partial charge is 0.282 e. The van der Waals surface area contributed by atoms with E-state index >= 15 is 0 Å². The average molecular weight is 312 g/mol. The first-order chi connectivity index (χ1) is 10.0. The molecule has 1 aromatic carbocycles. The Balaban J connectivity index is 2.02. The molecule has 1 aliphatic heterocycles. The largest absolute Gasteiger partial charge is 0.495 e. The minimum absolute atomic E-state index is 0.0140. The van der Waals surface area contributed by atoms with E-state index in [1.54, 1.807) is 25.3 Å². The van der Waals surface area contributed by atoms with Crippen LogP contribution in [0.25, 0.3) is 0 Å². The third-order valence-corrected chi connectivity index (χ3v) is 4.58. The molecule has 1 amide bonds. The maximum Gasteiger partial charge on any atom is 0.282 e. The van der Waals surface area contributed by atoms with Crippen LogP contribution in [0.4, 0.5) is 5.69 Å². The molecular formula is C16H24ClN2O2+. The van der Waals surface area contributed by atoms with Crippen LogP contribution in [0.1, 0.15) is 26.7 Å². The third-order valence-electron chi connectivity index (χ3n) is 4.34. The summed E-state index contributed by atoms with van der Waals surface area (Å²) in [5.74, 6) is 1.42. The van der Waals surface area contributed by atoms with Crippen molar-refractivity contribution in [2.45, 2.75) is 32.7 Å². The first kappa shape index (κ1) is 16.1. The molecule has 1 fully saturated rings. The van der Waals surface area contributed by atoms with E-state index in [9.17, 15) is 4.79 Å². The second kappa shape index (κ2) is 7.14. The van der Waals surface area contributed by atoms with Gasteiger partial charge in [0.05, 0.1) is 25.9 Å². The van der Waals surface area contributed by atoms with E-state index in [2.05, 4.69) is 12.2 Å². The number of likely N-dealkylation sites (tertiary alicyclic amines) is 1. The Hall–Kier alpha value is -1.26. The summed E-state index contributed by atoms with van der Waals surface area (Å²) < 4.78 is 5.26. The first-order valence-electron chi connectivity index (χ1n) is 7.50. The predicted molar refractivity (Wildman–Crippen MR) is 85.2 cm³/mol. The summed E-state index contributed by atoms with van der Waals surface area (Å²) in [4.78, 5) is 13.8. The molecular weight excluding hydrogens is 288 g/mol. The molecule has 5 heteroatoms. The van der Waals surface area contributed by atoms with Crippen molar-refractivity contribution in [1.82, 2.24) is 0 Å². The second-order valence-corrected chi connectivity index (χ2v) is 6.33. The van der Waals surface area contributed by atoms with Gasteiger partial charge in [-0.25, -0.2) is 0 Å². The Morgan fingerprint density at radius 2 is 2.10 bits per heavy atom. The number of quaternary nitrogens is 1. The normalized spacial score (nSPS) is 23.4. The first-order valence-corrected chi connectivity index (χ1v) is 7.88. The van der Waals surface area contributed by atoms with Crippen molar-refractivity contribution in [2.24, 2.45) is 5.92 Å². The molecule has 0 saturated carbocycles. The van der Waals surface area contributed by atoms with Crippen molar-refractivity contribution >= 4 is 23.2 Å². The molecule has 2 N–H and O–H groups in total. The van der Waals surface area contributed by atoms with Crippen molar-refractivity contribution in [3.05, 3.63) is 23.2 Å². The average Bonchev–Trinajstić information content (AvgIpc) is 2.47. The van der Waals surface area contributed by atoms with Crippen LogP contribution in [0.15, 0.2) is 18.2 Å². The van der Waals surface area contributed by atoms with Gasteiger partial charge in [0.25, 0.3) is 5.91 Å². The van der Waals surface area contributed by atoms with Gasteiger partial charge >= 0.3 is 0 Å². The van der Waals surface area contributed by atoms with Gasteiger partial charge in [0.15, 0.2) is 6.04 Å². The molecule has 1 atom stereocenters. The summed E-state index contributed by atoms with van der Waals surface area (Å²) in [6, 6.07) is 5.16. The Morgan fingerprint density at radius 3 is 2.71 bits per heavy atom. The lowest BCUT2D eigenvalue weighted by Crippen LogP contribution is -3.17. The minimum Gasteiger partial charge on any atom is -0.495 e. The summed E-state index contributed by atoms with van der Waals surface area (Å²) in [5, 5.41) is 3.52. The van der Waals surface area contributed by atoms with Crippen LogP contribution < -0.4 is 15.0 Å². The standard InChI is InChI=1S/C16H23ClN2O2/c1-11-6-8-19(9-7-11)12(2)16(20)18-14-10-13(17)4-5-15(14)21-3/h4-5,10-12H,6-9H2,1-3H3,(H,18,20)/p+1/t12-/m0/s1. The maximum absolute atomic E-state index is 12.4. The highest BCUT2D eigenvalue weighted by molar-refractivity contribution is 6.31. The Kier molecular flexibility index (Phi) is 5.48. The quantitative estimate of drug-likeness (QED) is 0.893. The van der Waals surface area contributed by atoms with E-state index in [1.165, 1.54) is 17.7 Å². The molecule has 1 aromatic rings. The van der Waals surface area contributed by atoms with E-state index in [0.29, 0.717) is 16.5 Å². The zero-order valence-corrected chi connectivity index (χ0v) is 13.7. The van der Waals surface area contributed by atoms with Gasteiger partial charge < -0.3 is 15.0 Å². The van der Waals surface area contributed by atoms with Gasteiger partial charge in [-0.05, 0) is 43.9 Å². The molecule has 1 heterocycles. The van der Waals surface area contributed by atoms with Crippen LogP contribution in [0.5, 0.6) is 5.75 Å². The van der Waals surface area contributed by atoms with E-state index < -0.39 is 0 Å². The molecule has 0 radical (unpaired) electrons. The number of hydrogen-bond donors (Lipinski definition) is 2. The topological polar surface area (TPSA) is 42.8 Å². The second-order valence-electron chi connectivity index (χ2n) is 5.90. The van der Waals surface area contributed by atoms with Crippen molar-refractivity contribution in [3.63, 3.8) is 0 Å². The van der Waals surface area contributed by atoms with Crippen LogP contribution in [0.2, 0.25) is 5.02 Å². The lowest BCUT2D eigenvalue weighted by atomic mass is 9.98. The van der Waals surface area contributed by atoms with Gasteiger partial charge in [0.2, 0.25) is 0 Å². The SMILES string of the molecule is COc1ccc(Cl)cc1NC(=O)[C@H](C)[NH+]1CCC(C)CC1. The lowest BCUT2D eigenvalue weighted by molar-refractivity contribution is -0.919. The monoisotopic (exact) mass is 311 g/mol. The number of ether oxygens (including phenoxy) is 1. The van der Waals surface area contributed by atoms with Gasteiger partial charge in [-0.1, -0.05) is 18.5 Å². The van der Waals surface area contributed by atoms with Crippen LogP contribution >= 0.6 is 11.6 Å². The predicted octanol–water partition coefficient (Wildman–Crippen LogP) is 1.99. The molecule has 4 nitrogen and oxygen atoms in total. The minimum atomic E-state index is -0.0683. The zero-order chi connectivity index (χ0) is 15.4. The summed E-state index contributed by atoms with van der Waals surface area (Å²) in [6.45, 7) is 6.38. The van der Waals surface area contributed by atoms with E-state index in [4.69, 9.17) is 16.3 Å². The number of methoxy groups -OCH3 is 1. The van der Waals surface area contributed by atoms with Gasteiger partial charge in [-0.2, -0.15) is 0 Å². The fourth-order valence-corrected chi connectivity index (χ4v) is 2.94. The van der Waals surface area contributed by atoms with E-state index in [1.807, 2.05) is 6.92 Å². The molecule has 116 valence electrons. The molecule has 0 aromatic heterocycles. The van der Waals surface area contributed by atoms with Gasteiger partial charge in [-0.15, -0.1) is 0 Å². The van der Waals surface area contributed by atoms with E-state index in [-0.39, 0.29) is 11.9 Å². The lowest BCUT2D eigenvalue weighted by Gasteiger charge is -2.31. The highest BCUT2D eigenvalue weighted by Gasteiger charge is 2.29. The molecule has 0 spiro atoms.